The quantitative estimate of drug-likeness (QED) is 0.757. The molecule has 2 N–H and O–H groups in total. The third-order valence-electron chi connectivity index (χ3n) is 2.29. The molecule has 0 saturated carbocycles. The number of aliphatic carboxylic acids is 1. The average Bonchev–Trinajstić information content (AvgIpc) is 2.84. The highest BCUT2D eigenvalue weighted by Gasteiger charge is 2.21. The maximum absolute atomic E-state index is 10.9. The largest absolute Gasteiger partial charge is 0.480 e. The number of H-pyrrole nitrogens is 1. The molecule has 2 aromatic rings. The zero-order valence-corrected chi connectivity index (χ0v) is 8.75. The third kappa shape index (κ3) is 1.53. The molecule has 84 valence electrons. The maximum Gasteiger partial charge on any atom is 0.328 e. The smallest absolute Gasteiger partial charge is 0.328 e. The molecule has 0 aliphatic carbocycles. The lowest BCUT2D eigenvalue weighted by molar-refractivity contribution is -0.140. The Morgan fingerprint density at radius 1 is 1.62 bits per heavy atom. The van der Waals surface area contributed by atoms with E-state index < -0.39 is 12.0 Å². The number of hydrogen-bond acceptors (Lipinski definition) is 5. The molecule has 0 aliphatic rings. The van der Waals surface area contributed by atoms with Crippen LogP contribution in [0.1, 0.15) is 18.7 Å². The minimum Gasteiger partial charge on any atom is -0.480 e. The summed E-state index contributed by atoms with van der Waals surface area (Å²) < 4.78 is 1.25. The van der Waals surface area contributed by atoms with Gasteiger partial charge in [-0.25, -0.2) is 9.48 Å². The molecule has 0 fully saturated rings. The molecular formula is C8H10N6O2. The predicted molar refractivity (Wildman–Crippen MR) is 52.5 cm³/mol. The van der Waals surface area contributed by atoms with Crippen molar-refractivity contribution in [3.63, 3.8) is 0 Å². The minimum absolute atomic E-state index is 0.390. The molecule has 0 aromatic carbocycles. The number of carbonyl (C=O) groups is 1. The topological polar surface area (TPSA) is 110 Å². The number of nitrogens with one attached hydrogen (secondary N) is 1. The number of aromatic nitrogens is 6. The second kappa shape index (κ2) is 3.72. The highest BCUT2D eigenvalue weighted by atomic mass is 16.4. The Morgan fingerprint density at radius 3 is 2.94 bits per heavy atom. The highest BCUT2D eigenvalue weighted by molar-refractivity contribution is 5.72. The molecule has 0 bridgehead atoms. The molecule has 2 heterocycles. The molecule has 1 atom stereocenters. The van der Waals surface area contributed by atoms with E-state index in [2.05, 4.69) is 25.7 Å². The Kier molecular flexibility index (Phi) is 2.39. The lowest BCUT2D eigenvalue weighted by Gasteiger charge is -2.07. The number of carboxylic acid groups (broad SMARTS) is 1. The van der Waals surface area contributed by atoms with Gasteiger partial charge in [-0.1, -0.05) is 0 Å². The fourth-order valence-corrected chi connectivity index (χ4v) is 1.31. The van der Waals surface area contributed by atoms with E-state index >= 15 is 0 Å². The molecule has 8 nitrogen and oxygen atoms in total. The van der Waals surface area contributed by atoms with E-state index in [0.29, 0.717) is 11.4 Å². The van der Waals surface area contributed by atoms with E-state index in [1.54, 1.807) is 6.20 Å². The summed E-state index contributed by atoms with van der Waals surface area (Å²) >= 11 is 0. The van der Waals surface area contributed by atoms with E-state index in [9.17, 15) is 4.79 Å². The van der Waals surface area contributed by atoms with Crippen molar-refractivity contribution in [1.29, 1.82) is 0 Å². The molecule has 1 unspecified atom stereocenters. The van der Waals surface area contributed by atoms with Crippen molar-refractivity contribution in [2.24, 2.45) is 0 Å². The van der Waals surface area contributed by atoms with Crippen LogP contribution >= 0.6 is 0 Å². The molecule has 0 spiro atoms. The monoisotopic (exact) mass is 222 g/mol. The van der Waals surface area contributed by atoms with Gasteiger partial charge in [-0.15, -0.1) is 5.10 Å². The van der Waals surface area contributed by atoms with E-state index in [1.807, 2.05) is 6.92 Å². The number of carboxylic acids is 1. The van der Waals surface area contributed by atoms with Crippen LogP contribution in [0.25, 0.3) is 11.4 Å². The summed E-state index contributed by atoms with van der Waals surface area (Å²) in [7, 11) is 0. The Hall–Kier alpha value is -2.25. The lowest BCUT2D eigenvalue weighted by Crippen LogP contribution is -2.18. The molecule has 0 amide bonds. The summed E-state index contributed by atoms with van der Waals surface area (Å²) in [6.45, 7) is 3.32. The fourth-order valence-electron chi connectivity index (χ4n) is 1.31. The van der Waals surface area contributed by atoms with Crippen LogP contribution in [0.3, 0.4) is 0 Å². The number of hydrogen-bond donors (Lipinski definition) is 2. The van der Waals surface area contributed by atoms with Gasteiger partial charge < -0.3 is 5.11 Å². The summed E-state index contributed by atoms with van der Waals surface area (Å²) in [4.78, 5) is 10.9. The SMILES string of the molecule is Cc1[nH]ncc1-c1nnnn1C(C)C(=O)O. The summed E-state index contributed by atoms with van der Waals surface area (Å²) in [5.74, 6) is -0.601. The minimum atomic E-state index is -0.991. The van der Waals surface area contributed by atoms with Gasteiger partial charge in [-0.05, 0) is 24.3 Å². The Labute approximate surface area is 90.3 Å². The molecule has 2 aromatic heterocycles. The van der Waals surface area contributed by atoms with Crippen LogP contribution in [0.5, 0.6) is 0 Å². The number of aryl methyl sites for hydroxylation is 1. The summed E-state index contributed by atoms with van der Waals surface area (Å²) in [6.07, 6.45) is 1.56. The van der Waals surface area contributed by atoms with Gasteiger partial charge in [-0.2, -0.15) is 5.10 Å². The highest BCUT2D eigenvalue weighted by Crippen LogP contribution is 2.20. The molecule has 0 saturated heterocycles. The molecule has 0 radical (unpaired) electrons. The van der Waals surface area contributed by atoms with Gasteiger partial charge in [0.25, 0.3) is 0 Å². The second-order valence-electron chi connectivity index (χ2n) is 3.37. The predicted octanol–water partition coefficient (Wildman–Crippen LogP) is 0.0172. The zero-order chi connectivity index (χ0) is 11.7. The first-order valence-corrected chi connectivity index (χ1v) is 4.62. The van der Waals surface area contributed by atoms with Crippen LogP contribution in [-0.2, 0) is 4.79 Å². The first-order valence-electron chi connectivity index (χ1n) is 4.62. The van der Waals surface area contributed by atoms with E-state index in [0.717, 1.165) is 5.69 Å². The first-order chi connectivity index (χ1) is 7.61. The number of tetrazole rings is 1. The lowest BCUT2D eigenvalue weighted by atomic mass is 10.2. The zero-order valence-electron chi connectivity index (χ0n) is 8.75. The average molecular weight is 222 g/mol. The standard InChI is InChI=1S/C8H10N6O2/c1-4-6(3-9-10-4)7-11-12-13-14(7)5(2)8(15)16/h3,5H,1-2H3,(H,9,10)(H,15,16). The Morgan fingerprint density at radius 2 is 2.38 bits per heavy atom. The number of nitrogens with zero attached hydrogens (tertiary/aromatic N) is 5. The number of rotatable bonds is 3. The van der Waals surface area contributed by atoms with Crippen LogP contribution in [0, 0.1) is 6.92 Å². The van der Waals surface area contributed by atoms with Gasteiger partial charge in [0.15, 0.2) is 11.9 Å². The number of aromatic amines is 1. The van der Waals surface area contributed by atoms with Gasteiger partial charge >= 0.3 is 5.97 Å². The van der Waals surface area contributed by atoms with E-state index in [-0.39, 0.29) is 0 Å². The van der Waals surface area contributed by atoms with Crippen molar-refractivity contribution in [2.45, 2.75) is 19.9 Å². The third-order valence-corrected chi connectivity index (χ3v) is 2.29. The van der Waals surface area contributed by atoms with Crippen molar-refractivity contribution >= 4 is 5.97 Å². The van der Waals surface area contributed by atoms with Gasteiger partial charge in [0.05, 0.1) is 11.8 Å². The van der Waals surface area contributed by atoms with Crippen LogP contribution < -0.4 is 0 Å². The molecule has 16 heavy (non-hydrogen) atoms. The first kappa shape index (κ1) is 10.3. The molecule has 0 aliphatic heterocycles. The van der Waals surface area contributed by atoms with Gasteiger partial charge in [0.1, 0.15) is 0 Å². The fraction of sp³-hybridized carbons (Fsp3) is 0.375. The normalized spacial score (nSPS) is 12.6. The maximum atomic E-state index is 10.9. The van der Waals surface area contributed by atoms with Crippen molar-refractivity contribution < 1.29 is 9.90 Å². The van der Waals surface area contributed by atoms with Crippen molar-refractivity contribution in [3.8, 4) is 11.4 Å². The summed E-state index contributed by atoms with van der Waals surface area (Å²) in [6, 6.07) is -0.820. The van der Waals surface area contributed by atoms with Gasteiger partial charge in [0.2, 0.25) is 0 Å². The Balaban J connectivity index is 2.48. The summed E-state index contributed by atoms with van der Waals surface area (Å²) in [5.41, 5.74) is 1.48. The van der Waals surface area contributed by atoms with Crippen molar-refractivity contribution in [3.05, 3.63) is 11.9 Å². The Bertz CT molecular complexity index is 516. The van der Waals surface area contributed by atoms with Crippen LogP contribution in [0.4, 0.5) is 0 Å². The molecular weight excluding hydrogens is 212 g/mol. The summed E-state index contributed by atoms with van der Waals surface area (Å²) in [5, 5.41) is 26.4. The van der Waals surface area contributed by atoms with Crippen LogP contribution in [-0.4, -0.2) is 41.5 Å². The van der Waals surface area contributed by atoms with Gasteiger partial charge in [-0.3, -0.25) is 5.10 Å². The molecule has 2 rings (SSSR count). The van der Waals surface area contributed by atoms with E-state index in [1.165, 1.54) is 11.6 Å². The van der Waals surface area contributed by atoms with Crippen molar-refractivity contribution in [1.82, 2.24) is 30.4 Å². The molecule has 8 heteroatoms. The van der Waals surface area contributed by atoms with Crippen molar-refractivity contribution in [2.75, 3.05) is 0 Å². The van der Waals surface area contributed by atoms with E-state index in [4.69, 9.17) is 5.11 Å². The van der Waals surface area contributed by atoms with Gasteiger partial charge in [0, 0.05) is 5.69 Å². The van der Waals surface area contributed by atoms with Crippen LogP contribution in [0.15, 0.2) is 6.20 Å². The second-order valence-corrected chi connectivity index (χ2v) is 3.37. The van der Waals surface area contributed by atoms with Crippen LogP contribution in [0.2, 0.25) is 0 Å².